The molecule has 6 nitrogen and oxygen atoms in total. The molecule has 0 aromatic heterocycles. The molecule has 1 aliphatic rings. The Labute approximate surface area is 152 Å². The lowest BCUT2D eigenvalue weighted by Crippen LogP contribution is -2.34. The van der Waals surface area contributed by atoms with Gasteiger partial charge in [0.15, 0.2) is 6.29 Å². The van der Waals surface area contributed by atoms with Crippen LogP contribution in [0, 0.1) is 0 Å². The smallest absolute Gasteiger partial charge is 0.227 e. The number of aromatic hydroxyl groups is 1. The van der Waals surface area contributed by atoms with Crippen LogP contribution >= 0.6 is 0 Å². The number of phenols is 1. The van der Waals surface area contributed by atoms with E-state index in [2.05, 4.69) is 0 Å². The van der Waals surface area contributed by atoms with Crippen LogP contribution in [0.15, 0.2) is 42.5 Å². The number of hydrogen-bond acceptors (Lipinski definition) is 5. The predicted molar refractivity (Wildman–Crippen MR) is 97.1 cm³/mol. The summed E-state index contributed by atoms with van der Waals surface area (Å²) >= 11 is 0. The molecule has 6 heteroatoms. The first-order valence-corrected chi connectivity index (χ1v) is 8.50. The van der Waals surface area contributed by atoms with E-state index in [-0.39, 0.29) is 23.3 Å². The summed E-state index contributed by atoms with van der Waals surface area (Å²) in [6.45, 7) is 0.327. The van der Waals surface area contributed by atoms with Crippen molar-refractivity contribution >= 4 is 17.9 Å². The highest BCUT2D eigenvalue weighted by molar-refractivity contribution is 5.97. The molecular formula is C20H21NO5. The minimum absolute atomic E-state index is 0.00390. The van der Waals surface area contributed by atoms with Gasteiger partial charge in [-0.05, 0) is 30.7 Å². The highest BCUT2D eigenvalue weighted by Gasteiger charge is 2.33. The molecule has 1 fully saturated rings. The molecule has 3 rings (SSSR count). The van der Waals surface area contributed by atoms with Crippen molar-refractivity contribution in [1.82, 2.24) is 0 Å². The number of carbonyl (C=O) groups excluding carboxylic acids is 2. The van der Waals surface area contributed by atoms with Gasteiger partial charge in [-0.25, -0.2) is 0 Å². The summed E-state index contributed by atoms with van der Waals surface area (Å²) in [6, 6.07) is 12.1. The first-order valence-electron chi connectivity index (χ1n) is 8.50. The van der Waals surface area contributed by atoms with Crippen LogP contribution in [0.25, 0.3) is 0 Å². The number of anilines is 1. The summed E-state index contributed by atoms with van der Waals surface area (Å²) in [6.07, 6.45) is 2.40. The van der Waals surface area contributed by atoms with Gasteiger partial charge in [0, 0.05) is 18.9 Å². The van der Waals surface area contributed by atoms with Crippen LogP contribution in [-0.4, -0.2) is 37.1 Å². The lowest BCUT2D eigenvalue weighted by atomic mass is 10.1. The number of aldehydes is 1. The monoisotopic (exact) mass is 355 g/mol. The molecule has 0 aliphatic carbocycles. The van der Waals surface area contributed by atoms with Crippen LogP contribution < -0.4 is 14.4 Å². The van der Waals surface area contributed by atoms with Gasteiger partial charge in [0.1, 0.15) is 17.2 Å². The number of benzene rings is 2. The van der Waals surface area contributed by atoms with Gasteiger partial charge >= 0.3 is 0 Å². The van der Waals surface area contributed by atoms with Crippen molar-refractivity contribution in [2.75, 3.05) is 18.6 Å². The van der Waals surface area contributed by atoms with Gasteiger partial charge in [0.2, 0.25) is 5.91 Å². The highest BCUT2D eigenvalue weighted by atomic mass is 16.5. The van der Waals surface area contributed by atoms with Crippen molar-refractivity contribution in [1.29, 1.82) is 0 Å². The molecule has 0 unspecified atom stereocenters. The molecule has 2 aromatic rings. The van der Waals surface area contributed by atoms with E-state index in [9.17, 15) is 14.7 Å². The number of ether oxygens (including phenoxy) is 2. The van der Waals surface area contributed by atoms with Crippen molar-refractivity contribution in [3.8, 4) is 17.2 Å². The third kappa shape index (κ3) is 3.49. The molecule has 1 N–H and O–H groups in total. The highest BCUT2D eigenvalue weighted by Crippen LogP contribution is 2.35. The Kier molecular flexibility index (Phi) is 5.41. The van der Waals surface area contributed by atoms with Crippen LogP contribution in [-0.2, 0) is 4.79 Å². The molecule has 0 spiro atoms. The van der Waals surface area contributed by atoms with E-state index in [1.54, 1.807) is 24.1 Å². The molecule has 0 bridgehead atoms. The Morgan fingerprint density at radius 3 is 2.73 bits per heavy atom. The van der Waals surface area contributed by atoms with Gasteiger partial charge in [-0.3, -0.25) is 9.59 Å². The van der Waals surface area contributed by atoms with Gasteiger partial charge in [-0.1, -0.05) is 18.2 Å². The zero-order valence-electron chi connectivity index (χ0n) is 14.6. The lowest BCUT2D eigenvalue weighted by Gasteiger charge is -2.26. The summed E-state index contributed by atoms with van der Waals surface area (Å²) < 4.78 is 11.1. The van der Waals surface area contributed by atoms with Crippen molar-refractivity contribution < 1.29 is 24.2 Å². The molecule has 1 heterocycles. The topological polar surface area (TPSA) is 76.1 Å². The third-order valence-electron chi connectivity index (χ3n) is 4.54. The Morgan fingerprint density at radius 2 is 1.96 bits per heavy atom. The number of nitrogens with zero attached hydrogens (tertiary/aromatic N) is 1. The Morgan fingerprint density at radius 1 is 1.19 bits per heavy atom. The molecule has 0 radical (unpaired) electrons. The maximum absolute atomic E-state index is 12.4. The van der Waals surface area contributed by atoms with Gasteiger partial charge in [0.05, 0.1) is 25.0 Å². The molecule has 1 saturated heterocycles. The zero-order chi connectivity index (χ0) is 18.5. The number of hydrogen-bond donors (Lipinski definition) is 1. The fourth-order valence-electron chi connectivity index (χ4n) is 3.26. The fourth-order valence-corrected chi connectivity index (χ4v) is 3.26. The summed E-state index contributed by atoms with van der Waals surface area (Å²) in [5.74, 6) is 0.952. The predicted octanol–water partition coefficient (Wildman–Crippen LogP) is 3.18. The van der Waals surface area contributed by atoms with E-state index in [0.717, 1.165) is 12.1 Å². The Hall–Kier alpha value is -3.02. The number of para-hydroxylation sites is 2. The van der Waals surface area contributed by atoms with Crippen molar-refractivity contribution in [3.05, 3.63) is 48.0 Å². The minimum atomic E-state index is -0.107. The number of methoxy groups -OCH3 is 1. The normalized spacial score (nSPS) is 16.6. The standard InChI is InChI=1S/C20H21NO5/c1-25-19-7-3-2-5-16(19)21-14(9-10-20(21)24)11-12-26-18-8-4-6-17(23)15(18)13-22/h2-8,13-14,23H,9-12H2,1H3/t14-/m0/s1. The van der Waals surface area contributed by atoms with E-state index in [4.69, 9.17) is 9.47 Å². The SMILES string of the molecule is COc1ccccc1N1C(=O)CC[C@H]1CCOc1cccc(O)c1C=O. The van der Waals surface area contributed by atoms with Crippen LogP contribution in [0.3, 0.4) is 0 Å². The largest absolute Gasteiger partial charge is 0.507 e. The Balaban J connectivity index is 1.71. The van der Waals surface area contributed by atoms with Gasteiger partial charge in [-0.15, -0.1) is 0 Å². The van der Waals surface area contributed by atoms with Crippen molar-refractivity contribution in [3.63, 3.8) is 0 Å². The molecule has 26 heavy (non-hydrogen) atoms. The second kappa shape index (κ2) is 7.91. The van der Waals surface area contributed by atoms with Crippen molar-refractivity contribution in [2.45, 2.75) is 25.3 Å². The number of rotatable bonds is 7. The second-order valence-corrected chi connectivity index (χ2v) is 6.07. The average Bonchev–Trinajstić information content (AvgIpc) is 3.02. The molecule has 1 amide bonds. The molecule has 1 atom stereocenters. The van der Waals surface area contributed by atoms with Crippen LogP contribution in [0.5, 0.6) is 17.2 Å². The maximum Gasteiger partial charge on any atom is 0.227 e. The van der Waals surface area contributed by atoms with Crippen LogP contribution in [0.1, 0.15) is 29.6 Å². The van der Waals surface area contributed by atoms with Gasteiger partial charge in [0.25, 0.3) is 0 Å². The molecule has 1 aliphatic heterocycles. The number of carbonyl (C=O) groups is 2. The van der Waals surface area contributed by atoms with E-state index < -0.39 is 0 Å². The lowest BCUT2D eigenvalue weighted by molar-refractivity contribution is -0.117. The van der Waals surface area contributed by atoms with E-state index >= 15 is 0 Å². The van der Waals surface area contributed by atoms with Crippen LogP contribution in [0.2, 0.25) is 0 Å². The molecule has 0 saturated carbocycles. The van der Waals surface area contributed by atoms with E-state index in [1.807, 2.05) is 24.3 Å². The number of amides is 1. The average molecular weight is 355 g/mol. The van der Waals surface area contributed by atoms with Crippen molar-refractivity contribution in [2.24, 2.45) is 0 Å². The van der Waals surface area contributed by atoms with Crippen LogP contribution in [0.4, 0.5) is 5.69 Å². The fraction of sp³-hybridized carbons (Fsp3) is 0.300. The first-order chi connectivity index (χ1) is 12.7. The summed E-state index contributed by atoms with van der Waals surface area (Å²) in [7, 11) is 1.58. The molecular weight excluding hydrogens is 334 g/mol. The summed E-state index contributed by atoms with van der Waals surface area (Å²) in [5, 5.41) is 9.71. The van der Waals surface area contributed by atoms with E-state index in [1.165, 1.54) is 6.07 Å². The molecule has 136 valence electrons. The third-order valence-corrected chi connectivity index (χ3v) is 4.54. The maximum atomic E-state index is 12.4. The second-order valence-electron chi connectivity index (χ2n) is 6.07. The van der Waals surface area contributed by atoms with E-state index in [0.29, 0.717) is 37.2 Å². The van der Waals surface area contributed by atoms with Gasteiger partial charge in [-0.2, -0.15) is 0 Å². The van der Waals surface area contributed by atoms with Gasteiger partial charge < -0.3 is 19.5 Å². The Bertz CT molecular complexity index is 805. The summed E-state index contributed by atoms with van der Waals surface area (Å²) in [4.78, 5) is 25.3. The summed E-state index contributed by atoms with van der Waals surface area (Å²) in [5.41, 5.74) is 0.894. The quantitative estimate of drug-likeness (QED) is 0.772. The molecule has 2 aromatic carbocycles. The number of phenolic OH excluding ortho intramolecular Hbond substituents is 1. The first kappa shape index (κ1) is 17.8. The minimum Gasteiger partial charge on any atom is -0.507 e. The zero-order valence-corrected chi connectivity index (χ0v) is 14.6.